The van der Waals surface area contributed by atoms with Crippen LogP contribution < -0.4 is 5.32 Å². The number of nitrogens with one attached hydrogen (secondary N) is 1. The van der Waals surface area contributed by atoms with Crippen LogP contribution in [0.25, 0.3) is 0 Å². The predicted octanol–water partition coefficient (Wildman–Crippen LogP) is 3.53. The second-order valence-electron chi connectivity index (χ2n) is 4.84. The Bertz CT molecular complexity index is 604. The number of nitrogens with zero attached hydrogens (tertiary/aromatic N) is 2. The lowest BCUT2D eigenvalue weighted by atomic mass is 9.98. The molecular formula is C14H17N3OS. The van der Waals surface area contributed by atoms with Crippen LogP contribution in [-0.2, 0) is 0 Å². The Kier molecular flexibility index (Phi) is 3.95. The molecule has 0 spiro atoms. The molecule has 1 N–H and O–H groups in total. The van der Waals surface area contributed by atoms with E-state index in [1.807, 2.05) is 25.1 Å². The SMILES string of the molecule is Cc1cccc(C(C)C)c1NC(=O)c1snnc1C. The van der Waals surface area contributed by atoms with Crippen LogP contribution in [0.1, 0.15) is 46.3 Å². The van der Waals surface area contributed by atoms with Gasteiger partial charge in [0.15, 0.2) is 0 Å². The number of anilines is 1. The normalized spacial score (nSPS) is 10.8. The summed E-state index contributed by atoms with van der Waals surface area (Å²) in [5, 5.41) is 6.86. The van der Waals surface area contributed by atoms with Crippen LogP contribution >= 0.6 is 11.5 Å². The Balaban J connectivity index is 2.34. The van der Waals surface area contributed by atoms with Crippen LogP contribution in [0.15, 0.2) is 18.2 Å². The first-order valence-electron chi connectivity index (χ1n) is 6.20. The van der Waals surface area contributed by atoms with Gasteiger partial charge in [0.05, 0.1) is 5.69 Å². The molecule has 0 aliphatic carbocycles. The van der Waals surface area contributed by atoms with Crippen LogP contribution in [-0.4, -0.2) is 15.5 Å². The molecule has 0 aliphatic rings. The Morgan fingerprint density at radius 2 is 2.05 bits per heavy atom. The van der Waals surface area contributed by atoms with E-state index in [0.29, 0.717) is 16.5 Å². The van der Waals surface area contributed by atoms with E-state index in [1.54, 1.807) is 6.92 Å². The Labute approximate surface area is 117 Å². The minimum absolute atomic E-state index is 0.135. The maximum absolute atomic E-state index is 12.2. The van der Waals surface area contributed by atoms with Crippen LogP contribution in [0.3, 0.4) is 0 Å². The summed E-state index contributed by atoms with van der Waals surface area (Å²) in [5.74, 6) is 0.222. The van der Waals surface area contributed by atoms with Crippen molar-refractivity contribution in [3.05, 3.63) is 39.9 Å². The van der Waals surface area contributed by atoms with Crippen molar-refractivity contribution in [3.63, 3.8) is 0 Å². The molecule has 100 valence electrons. The van der Waals surface area contributed by atoms with Crippen molar-refractivity contribution in [1.82, 2.24) is 9.59 Å². The summed E-state index contributed by atoms with van der Waals surface area (Å²) in [7, 11) is 0. The molecule has 5 heteroatoms. The average Bonchev–Trinajstić information content (AvgIpc) is 2.77. The minimum Gasteiger partial charge on any atom is -0.321 e. The molecule has 0 unspecified atom stereocenters. The standard InChI is InChI=1S/C14H17N3OS/c1-8(2)11-7-5-6-9(3)12(11)15-14(18)13-10(4)16-17-19-13/h5-8H,1-4H3,(H,15,18). The number of aromatic nitrogens is 2. The Morgan fingerprint density at radius 3 is 2.63 bits per heavy atom. The van der Waals surface area contributed by atoms with Crippen LogP contribution in [0.4, 0.5) is 5.69 Å². The topological polar surface area (TPSA) is 54.9 Å². The van der Waals surface area contributed by atoms with Gasteiger partial charge in [-0.05, 0) is 42.4 Å². The number of carbonyl (C=O) groups excluding carboxylic acids is 1. The molecule has 0 saturated carbocycles. The van der Waals surface area contributed by atoms with Gasteiger partial charge in [-0.2, -0.15) is 0 Å². The monoisotopic (exact) mass is 275 g/mol. The number of para-hydroxylation sites is 1. The predicted molar refractivity (Wildman–Crippen MR) is 77.9 cm³/mol. The molecule has 0 fully saturated rings. The van der Waals surface area contributed by atoms with E-state index >= 15 is 0 Å². The fraction of sp³-hybridized carbons (Fsp3) is 0.357. The highest BCUT2D eigenvalue weighted by atomic mass is 32.1. The molecule has 0 atom stereocenters. The van der Waals surface area contributed by atoms with Gasteiger partial charge in [0.1, 0.15) is 4.88 Å². The number of aryl methyl sites for hydroxylation is 2. The Hall–Kier alpha value is -1.75. The third-order valence-corrected chi connectivity index (χ3v) is 3.85. The van der Waals surface area contributed by atoms with Crippen molar-refractivity contribution in [3.8, 4) is 0 Å². The third-order valence-electron chi connectivity index (χ3n) is 3.02. The van der Waals surface area contributed by atoms with Crippen molar-refractivity contribution in [2.75, 3.05) is 5.32 Å². The number of rotatable bonds is 3. The number of benzene rings is 1. The van der Waals surface area contributed by atoms with E-state index in [2.05, 4.69) is 28.8 Å². The van der Waals surface area contributed by atoms with Gasteiger partial charge < -0.3 is 5.32 Å². The van der Waals surface area contributed by atoms with Crippen LogP contribution in [0, 0.1) is 13.8 Å². The van der Waals surface area contributed by atoms with E-state index in [0.717, 1.165) is 28.3 Å². The van der Waals surface area contributed by atoms with Gasteiger partial charge in [-0.15, -0.1) is 5.10 Å². The lowest BCUT2D eigenvalue weighted by molar-refractivity contribution is 0.102. The zero-order valence-electron chi connectivity index (χ0n) is 11.5. The molecule has 2 aromatic rings. The quantitative estimate of drug-likeness (QED) is 0.932. The number of hydrogen-bond donors (Lipinski definition) is 1. The molecule has 19 heavy (non-hydrogen) atoms. The molecule has 1 aromatic carbocycles. The van der Waals surface area contributed by atoms with Gasteiger partial charge in [-0.1, -0.05) is 36.5 Å². The van der Waals surface area contributed by atoms with Crippen molar-refractivity contribution in [2.45, 2.75) is 33.6 Å². The van der Waals surface area contributed by atoms with Crippen LogP contribution in [0.5, 0.6) is 0 Å². The van der Waals surface area contributed by atoms with E-state index in [-0.39, 0.29) is 5.91 Å². The minimum atomic E-state index is -0.135. The molecule has 2 rings (SSSR count). The summed E-state index contributed by atoms with van der Waals surface area (Å²) < 4.78 is 3.80. The van der Waals surface area contributed by atoms with Gasteiger partial charge in [-0.25, -0.2) is 0 Å². The highest BCUT2D eigenvalue weighted by Crippen LogP contribution is 2.28. The largest absolute Gasteiger partial charge is 0.321 e. The molecular weight excluding hydrogens is 258 g/mol. The number of carbonyl (C=O) groups is 1. The molecule has 0 saturated heterocycles. The fourth-order valence-electron chi connectivity index (χ4n) is 1.95. The first kappa shape index (κ1) is 13.7. The molecule has 4 nitrogen and oxygen atoms in total. The summed E-state index contributed by atoms with van der Waals surface area (Å²) in [6, 6.07) is 6.06. The highest BCUT2D eigenvalue weighted by Gasteiger charge is 2.16. The van der Waals surface area contributed by atoms with E-state index in [1.165, 1.54) is 0 Å². The molecule has 0 aliphatic heterocycles. The maximum Gasteiger partial charge on any atom is 0.269 e. The lowest BCUT2D eigenvalue weighted by Crippen LogP contribution is -2.14. The molecule has 0 bridgehead atoms. The fourth-order valence-corrected chi connectivity index (χ4v) is 2.50. The van der Waals surface area contributed by atoms with Gasteiger partial charge >= 0.3 is 0 Å². The third kappa shape index (κ3) is 2.81. The lowest BCUT2D eigenvalue weighted by Gasteiger charge is -2.16. The van der Waals surface area contributed by atoms with Gasteiger partial charge in [0.25, 0.3) is 5.91 Å². The zero-order valence-corrected chi connectivity index (χ0v) is 12.3. The summed E-state index contributed by atoms with van der Waals surface area (Å²) >= 11 is 1.12. The maximum atomic E-state index is 12.2. The smallest absolute Gasteiger partial charge is 0.269 e. The van der Waals surface area contributed by atoms with Crippen molar-refractivity contribution < 1.29 is 4.79 Å². The van der Waals surface area contributed by atoms with E-state index in [4.69, 9.17) is 0 Å². The van der Waals surface area contributed by atoms with E-state index in [9.17, 15) is 4.79 Å². The summed E-state index contributed by atoms with van der Waals surface area (Å²) in [6.07, 6.45) is 0. The summed E-state index contributed by atoms with van der Waals surface area (Å²) in [6.45, 7) is 8.02. The second kappa shape index (κ2) is 5.48. The van der Waals surface area contributed by atoms with Crippen molar-refractivity contribution in [1.29, 1.82) is 0 Å². The molecule has 1 aromatic heterocycles. The first-order valence-corrected chi connectivity index (χ1v) is 6.98. The molecule has 1 heterocycles. The molecule has 0 radical (unpaired) electrons. The second-order valence-corrected chi connectivity index (χ2v) is 5.59. The van der Waals surface area contributed by atoms with Gasteiger partial charge in [0, 0.05) is 5.69 Å². The van der Waals surface area contributed by atoms with Crippen molar-refractivity contribution in [2.24, 2.45) is 0 Å². The molecule has 1 amide bonds. The Morgan fingerprint density at radius 1 is 1.32 bits per heavy atom. The zero-order chi connectivity index (χ0) is 14.0. The first-order chi connectivity index (χ1) is 9.00. The van der Waals surface area contributed by atoms with Crippen molar-refractivity contribution >= 4 is 23.1 Å². The number of hydrogen-bond acceptors (Lipinski definition) is 4. The van der Waals surface area contributed by atoms with Crippen LogP contribution in [0.2, 0.25) is 0 Å². The highest BCUT2D eigenvalue weighted by molar-refractivity contribution is 7.08. The van der Waals surface area contributed by atoms with Gasteiger partial charge in [0.2, 0.25) is 0 Å². The summed E-state index contributed by atoms with van der Waals surface area (Å²) in [4.78, 5) is 12.8. The summed E-state index contributed by atoms with van der Waals surface area (Å²) in [5.41, 5.74) is 3.77. The van der Waals surface area contributed by atoms with E-state index < -0.39 is 0 Å². The van der Waals surface area contributed by atoms with Gasteiger partial charge in [-0.3, -0.25) is 4.79 Å². The number of amides is 1. The average molecular weight is 275 g/mol.